The van der Waals surface area contributed by atoms with E-state index < -0.39 is 10.0 Å². The molecule has 4 nitrogen and oxygen atoms in total. The van der Waals surface area contributed by atoms with Crippen molar-refractivity contribution in [1.82, 2.24) is 9.62 Å². The number of nitrogens with one attached hydrogen (secondary N) is 1. The lowest BCUT2D eigenvalue weighted by Gasteiger charge is -2.16. The van der Waals surface area contributed by atoms with Gasteiger partial charge in [0.2, 0.25) is 10.0 Å². The van der Waals surface area contributed by atoms with Crippen molar-refractivity contribution in [3.63, 3.8) is 0 Å². The van der Waals surface area contributed by atoms with Crippen LogP contribution in [0.3, 0.4) is 0 Å². The molecule has 19 heavy (non-hydrogen) atoms. The first-order valence-electron chi connectivity index (χ1n) is 6.84. The predicted octanol–water partition coefficient (Wildman–Crippen LogP) is 1.62. The lowest BCUT2D eigenvalue weighted by molar-refractivity contribution is 0.464. The molecule has 2 rings (SSSR count). The third-order valence-corrected chi connectivity index (χ3v) is 5.54. The molecule has 0 aromatic heterocycles. The Hall–Kier alpha value is -0.910. The molecular weight excluding hydrogens is 260 g/mol. The fourth-order valence-electron chi connectivity index (χ4n) is 2.45. The van der Waals surface area contributed by atoms with Crippen LogP contribution in [0.25, 0.3) is 0 Å². The molecule has 0 bridgehead atoms. The van der Waals surface area contributed by atoms with E-state index in [1.807, 2.05) is 19.2 Å². The molecule has 1 aromatic rings. The summed E-state index contributed by atoms with van der Waals surface area (Å²) in [6.07, 6.45) is 2.94. The number of hydrogen-bond acceptors (Lipinski definition) is 3. The van der Waals surface area contributed by atoms with Crippen molar-refractivity contribution in [1.29, 1.82) is 0 Å². The average molecular weight is 282 g/mol. The number of nitrogens with zero attached hydrogens (tertiary/aromatic N) is 1. The predicted molar refractivity (Wildman–Crippen MR) is 76.7 cm³/mol. The third-order valence-electron chi connectivity index (χ3n) is 3.66. The van der Waals surface area contributed by atoms with Crippen LogP contribution in [0.2, 0.25) is 0 Å². The Bertz CT molecular complexity index is 511. The second-order valence-corrected chi connectivity index (χ2v) is 6.97. The van der Waals surface area contributed by atoms with Gasteiger partial charge in [-0.15, -0.1) is 0 Å². The van der Waals surface area contributed by atoms with Gasteiger partial charge in [-0.25, -0.2) is 8.42 Å². The standard InChI is InChI=1S/C14H22N2O2S/c1-3-4-12-5-7-14(8-6-12)19(17,18)16-10-9-13(11-16)15-2/h5-8,13,15H,3-4,9-11H2,1-2H3. The van der Waals surface area contributed by atoms with E-state index in [0.717, 1.165) is 19.3 Å². The summed E-state index contributed by atoms with van der Waals surface area (Å²) in [5, 5.41) is 3.14. The molecule has 1 aliphatic heterocycles. The Labute approximate surface area is 115 Å². The lowest BCUT2D eigenvalue weighted by Crippen LogP contribution is -2.33. The highest BCUT2D eigenvalue weighted by Gasteiger charge is 2.31. The lowest BCUT2D eigenvalue weighted by atomic mass is 10.1. The van der Waals surface area contributed by atoms with Crippen molar-refractivity contribution in [2.24, 2.45) is 0 Å². The van der Waals surface area contributed by atoms with E-state index in [1.165, 1.54) is 5.56 Å². The maximum absolute atomic E-state index is 12.5. The second kappa shape index (κ2) is 6.03. The molecule has 0 spiro atoms. The fraction of sp³-hybridized carbons (Fsp3) is 0.571. The van der Waals surface area contributed by atoms with E-state index in [9.17, 15) is 8.42 Å². The number of sulfonamides is 1. The monoisotopic (exact) mass is 282 g/mol. The van der Waals surface area contributed by atoms with Crippen molar-refractivity contribution in [2.45, 2.75) is 37.1 Å². The summed E-state index contributed by atoms with van der Waals surface area (Å²) < 4.78 is 26.5. The van der Waals surface area contributed by atoms with Gasteiger partial charge in [0, 0.05) is 19.1 Å². The fourth-order valence-corrected chi connectivity index (χ4v) is 3.95. The Morgan fingerprint density at radius 2 is 2.00 bits per heavy atom. The summed E-state index contributed by atoms with van der Waals surface area (Å²) in [5.74, 6) is 0. The molecule has 0 aliphatic carbocycles. The normalized spacial score (nSPS) is 20.8. The van der Waals surface area contributed by atoms with E-state index in [0.29, 0.717) is 18.0 Å². The van der Waals surface area contributed by atoms with Gasteiger partial charge in [-0.05, 0) is 37.6 Å². The zero-order chi connectivity index (χ0) is 13.9. The first-order chi connectivity index (χ1) is 9.07. The van der Waals surface area contributed by atoms with E-state index in [4.69, 9.17) is 0 Å². The van der Waals surface area contributed by atoms with Crippen LogP contribution in [0.1, 0.15) is 25.3 Å². The van der Waals surface area contributed by atoms with Crippen molar-refractivity contribution in [3.05, 3.63) is 29.8 Å². The van der Waals surface area contributed by atoms with Gasteiger partial charge in [0.25, 0.3) is 0 Å². The van der Waals surface area contributed by atoms with Gasteiger partial charge < -0.3 is 5.32 Å². The highest BCUT2D eigenvalue weighted by atomic mass is 32.2. The molecule has 1 heterocycles. The summed E-state index contributed by atoms with van der Waals surface area (Å²) in [7, 11) is -1.44. The van der Waals surface area contributed by atoms with Gasteiger partial charge in [-0.2, -0.15) is 4.31 Å². The van der Waals surface area contributed by atoms with E-state index in [2.05, 4.69) is 12.2 Å². The van der Waals surface area contributed by atoms with Gasteiger partial charge >= 0.3 is 0 Å². The van der Waals surface area contributed by atoms with E-state index >= 15 is 0 Å². The number of likely N-dealkylation sites (N-methyl/N-ethyl adjacent to an activating group) is 1. The van der Waals surface area contributed by atoms with Crippen molar-refractivity contribution in [2.75, 3.05) is 20.1 Å². The van der Waals surface area contributed by atoms with Crippen LogP contribution in [-0.2, 0) is 16.4 Å². The molecular formula is C14H22N2O2S. The quantitative estimate of drug-likeness (QED) is 0.893. The molecule has 106 valence electrons. The molecule has 1 aliphatic rings. The van der Waals surface area contributed by atoms with Crippen molar-refractivity contribution in [3.8, 4) is 0 Å². The van der Waals surface area contributed by atoms with Gasteiger partial charge in [-0.1, -0.05) is 25.5 Å². The second-order valence-electron chi connectivity index (χ2n) is 5.03. The average Bonchev–Trinajstić information content (AvgIpc) is 2.89. The summed E-state index contributed by atoms with van der Waals surface area (Å²) in [4.78, 5) is 0.407. The van der Waals surface area contributed by atoms with Gasteiger partial charge in [0.1, 0.15) is 0 Å². The molecule has 1 unspecified atom stereocenters. The minimum Gasteiger partial charge on any atom is -0.316 e. The molecule has 5 heteroatoms. The van der Waals surface area contributed by atoms with Crippen LogP contribution in [0.5, 0.6) is 0 Å². The highest BCUT2D eigenvalue weighted by molar-refractivity contribution is 7.89. The number of aryl methyl sites for hydroxylation is 1. The van der Waals surface area contributed by atoms with Crippen LogP contribution in [-0.4, -0.2) is 38.9 Å². The molecule has 0 saturated carbocycles. The first kappa shape index (κ1) is 14.5. The first-order valence-corrected chi connectivity index (χ1v) is 8.28. The van der Waals surface area contributed by atoms with E-state index in [-0.39, 0.29) is 6.04 Å². The highest BCUT2D eigenvalue weighted by Crippen LogP contribution is 2.21. The molecule has 1 atom stereocenters. The van der Waals surface area contributed by atoms with E-state index in [1.54, 1.807) is 16.4 Å². The number of benzene rings is 1. The summed E-state index contributed by atoms with van der Waals surface area (Å²) in [5.41, 5.74) is 1.19. The largest absolute Gasteiger partial charge is 0.316 e. The Balaban J connectivity index is 2.15. The van der Waals surface area contributed by atoms with Crippen molar-refractivity contribution >= 4 is 10.0 Å². The van der Waals surface area contributed by atoms with Gasteiger partial charge in [0.15, 0.2) is 0 Å². The Morgan fingerprint density at radius 1 is 1.32 bits per heavy atom. The van der Waals surface area contributed by atoms with Crippen LogP contribution >= 0.6 is 0 Å². The number of hydrogen-bond donors (Lipinski definition) is 1. The van der Waals surface area contributed by atoms with Crippen LogP contribution < -0.4 is 5.32 Å². The minimum absolute atomic E-state index is 0.272. The molecule has 0 radical (unpaired) electrons. The third kappa shape index (κ3) is 3.16. The van der Waals surface area contributed by atoms with Crippen LogP contribution in [0, 0.1) is 0 Å². The molecule has 1 fully saturated rings. The zero-order valence-electron chi connectivity index (χ0n) is 11.6. The smallest absolute Gasteiger partial charge is 0.243 e. The number of rotatable bonds is 5. The van der Waals surface area contributed by atoms with Crippen LogP contribution in [0.15, 0.2) is 29.2 Å². The van der Waals surface area contributed by atoms with Crippen LogP contribution in [0.4, 0.5) is 0 Å². The SMILES string of the molecule is CCCc1ccc(S(=O)(=O)N2CCC(NC)C2)cc1. The molecule has 0 amide bonds. The summed E-state index contributed by atoms with van der Waals surface area (Å²) >= 11 is 0. The van der Waals surface area contributed by atoms with Crippen molar-refractivity contribution < 1.29 is 8.42 Å². The molecule has 1 aromatic carbocycles. The Morgan fingerprint density at radius 3 is 2.53 bits per heavy atom. The molecule has 1 N–H and O–H groups in total. The molecule has 1 saturated heterocycles. The maximum atomic E-state index is 12.5. The maximum Gasteiger partial charge on any atom is 0.243 e. The van der Waals surface area contributed by atoms with Gasteiger partial charge in [0.05, 0.1) is 4.90 Å². The zero-order valence-corrected chi connectivity index (χ0v) is 12.4. The summed E-state index contributed by atoms with van der Waals surface area (Å²) in [6, 6.07) is 7.57. The topological polar surface area (TPSA) is 49.4 Å². The Kier molecular flexibility index (Phi) is 4.60. The summed E-state index contributed by atoms with van der Waals surface area (Å²) in [6.45, 7) is 3.28. The minimum atomic E-state index is -3.32. The van der Waals surface area contributed by atoms with Gasteiger partial charge in [-0.3, -0.25) is 0 Å².